The lowest BCUT2D eigenvalue weighted by molar-refractivity contribution is 0.0794. The number of hydrogen-bond acceptors (Lipinski definition) is 6. The predicted octanol–water partition coefficient (Wildman–Crippen LogP) is 3.32. The van der Waals surface area contributed by atoms with Gasteiger partial charge in [0.2, 0.25) is 0 Å². The summed E-state index contributed by atoms with van der Waals surface area (Å²) in [4.78, 5) is 19.4. The van der Waals surface area contributed by atoms with Crippen LogP contribution in [0.4, 0.5) is 4.39 Å². The summed E-state index contributed by atoms with van der Waals surface area (Å²) in [7, 11) is 0. The van der Waals surface area contributed by atoms with Crippen LogP contribution in [-0.4, -0.2) is 53.5 Å². The standard InChI is InChI=1S/C23H25ClFN5O2/c1-11-21(24)12(2)28-22(27-11)16-9-30(10-17(16)26)23(31)15-5-3-13(25)7-19(15)32-20-8-14-4-6-18(20)29-14/h3,5,7,14,18,20,26-27,29H,4,6,8-10H2,1-2H3/b22-16+,26-17?/t14?,18?,20-/m1/s1. The molecule has 4 aliphatic heterocycles. The average molecular weight is 458 g/mol. The number of halogens is 2. The predicted molar refractivity (Wildman–Crippen MR) is 121 cm³/mol. The van der Waals surface area contributed by atoms with Crippen LogP contribution in [0.1, 0.15) is 43.5 Å². The largest absolute Gasteiger partial charge is 0.488 e. The molecule has 4 heterocycles. The number of fused-ring (bicyclic) bond motifs is 2. The molecule has 0 aromatic heterocycles. The van der Waals surface area contributed by atoms with Crippen molar-refractivity contribution in [1.29, 1.82) is 5.41 Å². The second kappa shape index (κ2) is 8.01. The van der Waals surface area contributed by atoms with E-state index in [4.69, 9.17) is 21.7 Å². The molecule has 1 aromatic carbocycles. The van der Waals surface area contributed by atoms with Gasteiger partial charge in [0, 0.05) is 35.8 Å². The van der Waals surface area contributed by atoms with Gasteiger partial charge < -0.3 is 25.7 Å². The van der Waals surface area contributed by atoms with Crippen molar-refractivity contribution in [1.82, 2.24) is 15.5 Å². The first-order valence-electron chi connectivity index (χ1n) is 10.8. The lowest BCUT2D eigenvalue weighted by Crippen LogP contribution is -2.33. The highest BCUT2D eigenvalue weighted by Gasteiger charge is 2.41. The number of aliphatic imine (C=N–C) groups is 1. The number of benzene rings is 1. The van der Waals surface area contributed by atoms with Crippen LogP contribution in [0.15, 0.2) is 45.3 Å². The first-order valence-corrected chi connectivity index (χ1v) is 11.2. The summed E-state index contributed by atoms with van der Waals surface area (Å²) in [5.74, 6) is 0.0591. The van der Waals surface area contributed by atoms with E-state index in [9.17, 15) is 9.18 Å². The minimum absolute atomic E-state index is 0.0695. The Hall–Kier alpha value is -2.71. The van der Waals surface area contributed by atoms with Gasteiger partial charge in [0.05, 0.1) is 35.1 Å². The monoisotopic (exact) mass is 457 g/mol. The Morgan fingerprint density at radius 3 is 2.81 bits per heavy atom. The second-order valence-electron chi connectivity index (χ2n) is 8.81. The first kappa shape index (κ1) is 21.2. The number of ether oxygens (including phenoxy) is 1. The summed E-state index contributed by atoms with van der Waals surface area (Å²) in [6.07, 6.45) is 2.94. The molecular formula is C23H25ClFN5O2. The maximum Gasteiger partial charge on any atom is 0.258 e. The molecule has 5 rings (SSSR count). The van der Waals surface area contributed by atoms with Gasteiger partial charge >= 0.3 is 0 Å². The molecule has 7 nitrogen and oxygen atoms in total. The maximum absolute atomic E-state index is 14.0. The summed E-state index contributed by atoms with van der Waals surface area (Å²) in [5.41, 5.74) is 2.68. The van der Waals surface area contributed by atoms with Crippen molar-refractivity contribution < 1.29 is 13.9 Å². The van der Waals surface area contributed by atoms with Crippen molar-refractivity contribution in [3.05, 3.63) is 51.7 Å². The molecule has 3 saturated heterocycles. The number of nitrogens with zero attached hydrogens (tertiary/aromatic N) is 2. The lowest BCUT2D eigenvalue weighted by Gasteiger charge is -2.24. The van der Waals surface area contributed by atoms with Gasteiger partial charge in [-0.3, -0.25) is 4.79 Å². The van der Waals surface area contributed by atoms with Crippen LogP contribution in [0.3, 0.4) is 0 Å². The fraction of sp³-hybridized carbons (Fsp3) is 0.435. The molecule has 3 N–H and O–H groups in total. The summed E-state index contributed by atoms with van der Waals surface area (Å²) in [5, 5.41) is 15.6. The van der Waals surface area contributed by atoms with Crippen molar-refractivity contribution in [2.75, 3.05) is 13.1 Å². The van der Waals surface area contributed by atoms with Crippen LogP contribution in [0.5, 0.6) is 5.75 Å². The Morgan fingerprint density at radius 2 is 2.12 bits per heavy atom. The molecule has 1 amide bonds. The molecule has 9 heteroatoms. The highest BCUT2D eigenvalue weighted by molar-refractivity contribution is 6.43. The molecule has 3 fully saturated rings. The van der Waals surface area contributed by atoms with Crippen LogP contribution >= 0.6 is 11.6 Å². The van der Waals surface area contributed by atoms with E-state index >= 15 is 0 Å². The van der Waals surface area contributed by atoms with Gasteiger partial charge in [0.1, 0.15) is 23.5 Å². The van der Waals surface area contributed by atoms with Crippen LogP contribution in [0, 0.1) is 11.2 Å². The Morgan fingerprint density at radius 1 is 1.31 bits per heavy atom. The third-order valence-electron chi connectivity index (χ3n) is 6.56. The zero-order chi connectivity index (χ0) is 22.6. The number of hydrogen-bond donors (Lipinski definition) is 3. The summed E-state index contributed by atoms with van der Waals surface area (Å²) in [6, 6.07) is 4.70. The fourth-order valence-corrected chi connectivity index (χ4v) is 4.98. The van der Waals surface area contributed by atoms with Crippen molar-refractivity contribution in [3.8, 4) is 5.75 Å². The molecule has 4 aliphatic rings. The van der Waals surface area contributed by atoms with Crippen LogP contribution in [0.2, 0.25) is 0 Å². The van der Waals surface area contributed by atoms with Crippen LogP contribution in [0.25, 0.3) is 0 Å². The number of carbonyl (C=O) groups excluding carboxylic acids is 1. The van der Waals surface area contributed by atoms with Gasteiger partial charge in [-0.05, 0) is 38.8 Å². The molecule has 0 saturated carbocycles. The molecule has 168 valence electrons. The highest BCUT2D eigenvalue weighted by Crippen LogP contribution is 2.34. The van der Waals surface area contributed by atoms with Crippen molar-refractivity contribution in [3.63, 3.8) is 0 Å². The third-order valence-corrected chi connectivity index (χ3v) is 7.12. The average Bonchev–Trinajstić information content (AvgIpc) is 3.47. The Kier molecular flexibility index (Phi) is 5.29. The van der Waals surface area contributed by atoms with Gasteiger partial charge in [-0.25, -0.2) is 9.38 Å². The SMILES string of the molecule is CC1=N/C(=C2\CN(C(=O)c3ccc(F)cc3O[C@@H]3CC4CCC3N4)CC2=N)NC(C)=C1Cl. The molecule has 3 atom stereocenters. The van der Waals surface area contributed by atoms with E-state index in [1.54, 1.807) is 11.8 Å². The van der Waals surface area contributed by atoms with Gasteiger partial charge in [-0.15, -0.1) is 0 Å². The van der Waals surface area contributed by atoms with Crippen LogP contribution in [-0.2, 0) is 0 Å². The maximum atomic E-state index is 14.0. The highest BCUT2D eigenvalue weighted by atomic mass is 35.5. The number of amides is 1. The zero-order valence-electron chi connectivity index (χ0n) is 18.0. The number of carbonyl (C=O) groups is 1. The van der Waals surface area contributed by atoms with E-state index in [0.717, 1.165) is 25.0 Å². The number of allylic oxidation sites excluding steroid dienone is 2. The third kappa shape index (κ3) is 3.71. The van der Waals surface area contributed by atoms with E-state index in [0.29, 0.717) is 39.5 Å². The summed E-state index contributed by atoms with van der Waals surface area (Å²) >= 11 is 6.21. The van der Waals surface area contributed by atoms with E-state index in [-0.39, 0.29) is 36.9 Å². The van der Waals surface area contributed by atoms with E-state index in [1.165, 1.54) is 18.2 Å². The smallest absolute Gasteiger partial charge is 0.258 e. The van der Waals surface area contributed by atoms with E-state index in [1.807, 2.05) is 6.92 Å². The molecule has 1 aromatic rings. The zero-order valence-corrected chi connectivity index (χ0v) is 18.7. The quantitative estimate of drug-likeness (QED) is 0.649. The van der Waals surface area contributed by atoms with Crippen LogP contribution < -0.4 is 15.4 Å². The number of rotatable bonds is 3. The minimum Gasteiger partial charge on any atom is -0.488 e. The first-order chi connectivity index (χ1) is 15.3. The normalized spacial score (nSPS) is 29.5. The van der Waals surface area contributed by atoms with Gasteiger partial charge in [0.15, 0.2) is 0 Å². The van der Waals surface area contributed by atoms with Crippen molar-refractivity contribution in [2.45, 2.75) is 51.3 Å². The summed E-state index contributed by atoms with van der Waals surface area (Å²) < 4.78 is 20.2. The fourth-order valence-electron chi connectivity index (χ4n) is 4.89. The number of likely N-dealkylation sites (tertiary alicyclic amines) is 1. The molecule has 0 radical (unpaired) electrons. The molecular weight excluding hydrogens is 433 g/mol. The van der Waals surface area contributed by atoms with Crippen molar-refractivity contribution in [2.24, 2.45) is 4.99 Å². The van der Waals surface area contributed by atoms with E-state index < -0.39 is 5.82 Å². The van der Waals surface area contributed by atoms with E-state index in [2.05, 4.69) is 15.6 Å². The summed E-state index contributed by atoms with van der Waals surface area (Å²) in [6.45, 7) is 4.03. The van der Waals surface area contributed by atoms with Crippen molar-refractivity contribution >= 4 is 28.9 Å². The topological polar surface area (TPSA) is 89.8 Å². The van der Waals surface area contributed by atoms with Gasteiger partial charge in [-0.2, -0.15) is 0 Å². The molecule has 2 bridgehead atoms. The minimum atomic E-state index is -0.444. The van der Waals surface area contributed by atoms with Gasteiger partial charge in [-0.1, -0.05) is 11.6 Å². The lowest BCUT2D eigenvalue weighted by atomic mass is 9.97. The molecule has 0 spiro atoms. The Labute approximate surface area is 190 Å². The number of nitrogens with one attached hydrogen (secondary N) is 3. The molecule has 0 aliphatic carbocycles. The Bertz CT molecular complexity index is 1110. The molecule has 32 heavy (non-hydrogen) atoms. The molecule has 2 unspecified atom stereocenters. The Balaban J connectivity index is 1.38. The van der Waals surface area contributed by atoms with Gasteiger partial charge in [0.25, 0.3) is 5.91 Å². The second-order valence-corrected chi connectivity index (χ2v) is 9.19.